The molecule has 4 rings (SSSR count). The molecule has 13 heteroatoms. The lowest BCUT2D eigenvalue weighted by molar-refractivity contribution is -0.120. The molecule has 0 bridgehead atoms. The van der Waals surface area contributed by atoms with E-state index in [1.165, 1.54) is 35.0 Å². The highest BCUT2D eigenvalue weighted by Crippen LogP contribution is 2.39. The van der Waals surface area contributed by atoms with Crippen molar-refractivity contribution >= 4 is 79.0 Å². The first kappa shape index (κ1) is 20.4. The van der Waals surface area contributed by atoms with Crippen LogP contribution in [-0.2, 0) is 21.5 Å². The lowest BCUT2D eigenvalue weighted by atomic mass is 10.1. The second-order valence-corrected chi connectivity index (χ2v) is 9.85. The maximum Gasteiger partial charge on any atom is 0.338 e. The first-order valence-electron chi connectivity index (χ1n) is 8.10. The van der Waals surface area contributed by atoms with Gasteiger partial charge in [0.1, 0.15) is 17.9 Å². The van der Waals surface area contributed by atoms with Gasteiger partial charge in [-0.2, -0.15) is 10.9 Å². The van der Waals surface area contributed by atoms with Crippen molar-refractivity contribution in [2.75, 3.05) is 16.2 Å². The molecule has 0 radical (unpaired) electrons. The third-order valence-corrected chi connectivity index (χ3v) is 8.25. The van der Waals surface area contributed by atoms with Crippen LogP contribution in [0.25, 0.3) is 5.65 Å². The molecule has 0 unspecified atom stereocenters. The lowest BCUT2D eigenvalue weighted by Crippen LogP contribution is -2.29. The minimum Gasteiger partial charge on any atom is -0.425 e. The zero-order chi connectivity index (χ0) is 20.8. The van der Waals surface area contributed by atoms with Crippen molar-refractivity contribution in [1.82, 2.24) is 11.9 Å². The molecule has 0 spiro atoms. The number of carbonyl (C=O) groups is 1. The zero-order valence-corrected chi connectivity index (χ0v) is 19.6. The number of hydrogen-bond donors (Lipinski definition) is 1. The molecule has 1 amide bonds. The Balaban J connectivity index is 1.62. The zero-order valence-electron chi connectivity index (χ0n) is 14.4. The average Bonchev–Trinajstić information content (AvgIpc) is 3.24. The van der Waals surface area contributed by atoms with Crippen LogP contribution in [0.3, 0.4) is 0 Å². The number of nitrogens with one attached hydrogen (secondary N) is 1. The van der Waals surface area contributed by atoms with Gasteiger partial charge in [-0.1, -0.05) is 0 Å². The summed E-state index contributed by atoms with van der Waals surface area (Å²) < 4.78 is 48.0. The van der Waals surface area contributed by atoms with Crippen LogP contribution in [0.2, 0.25) is 0 Å². The predicted octanol–water partition coefficient (Wildman–Crippen LogP) is 3.06. The molecule has 3 aromatic rings. The minimum atomic E-state index is -4.15. The normalized spacial score (nSPS) is 15.9. The number of carbonyl (C=O) groups excluding carboxylic acids is 1. The Morgan fingerprint density at radius 2 is 2.07 bits per heavy atom. The third-order valence-electron chi connectivity index (χ3n) is 4.27. The molecule has 1 fully saturated rings. The van der Waals surface area contributed by atoms with Gasteiger partial charge >= 0.3 is 10.2 Å². The van der Waals surface area contributed by atoms with Crippen LogP contribution in [0, 0.1) is 5.82 Å². The van der Waals surface area contributed by atoms with E-state index in [-0.39, 0.29) is 18.0 Å². The van der Waals surface area contributed by atoms with E-state index in [9.17, 15) is 17.6 Å². The molecule has 3 heterocycles. The number of rotatable bonds is 5. The van der Waals surface area contributed by atoms with Crippen molar-refractivity contribution in [1.29, 1.82) is 0 Å². The van der Waals surface area contributed by atoms with Gasteiger partial charge in [-0.3, -0.25) is 4.79 Å². The second kappa shape index (κ2) is 7.75. The number of fused-ring (bicyclic) bond motifs is 1. The summed E-state index contributed by atoms with van der Waals surface area (Å²) in [7, 11) is -4.15. The summed E-state index contributed by atoms with van der Waals surface area (Å²) in [4.78, 5) is 16.0. The Morgan fingerprint density at radius 1 is 1.28 bits per heavy atom. The number of pyridine rings is 1. The van der Waals surface area contributed by atoms with Crippen LogP contribution in [-0.4, -0.2) is 32.8 Å². The summed E-state index contributed by atoms with van der Waals surface area (Å²) in [6.07, 6.45) is 5.36. The van der Waals surface area contributed by atoms with E-state index in [2.05, 4.69) is 10.3 Å². The molecular formula is C16H12FI2N5O4S. The highest BCUT2D eigenvalue weighted by atomic mass is 127. The molecule has 9 nitrogen and oxygen atoms in total. The fourth-order valence-electron chi connectivity index (χ4n) is 2.92. The molecular weight excluding hydrogens is 631 g/mol. The minimum absolute atomic E-state index is 0.00850. The molecule has 0 aliphatic carbocycles. The number of halogens is 3. The van der Waals surface area contributed by atoms with Gasteiger partial charge < -0.3 is 12.8 Å². The van der Waals surface area contributed by atoms with Crippen LogP contribution in [0.5, 0.6) is 5.75 Å². The Kier molecular flexibility index (Phi) is 5.45. The quantitative estimate of drug-likeness (QED) is 0.340. The molecule has 1 aromatic carbocycles. The molecule has 2 aromatic heterocycles. The van der Waals surface area contributed by atoms with E-state index in [1.54, 1.807) is 29.2 Å². The predicted molar refractivity (Wildman–Crippen MR) is 121 cm³/mol. The van der Waals surface area contributed by atoms with Crippen molar-refractivity contribution in [3.63, 3.8) is 0 Å². The average molecular weight is 643 g/mol. The summed E-state index contributed by atoms with van der Waals surface area (Å²) >= 11 is 2.93. The van der Waals surface area contributed by atoms with Gasteiger partial charge in [-0.25, -0.2) is 13.7 Å². The van der Waals surface area contributed by atoms with Crippen LogP contribution in [0.15, 0.2) is 42.9 Å². The fraction of sp³-hybridized carbons (Fsp3) is 0.125. The fourth-order valence-corrected chi connectivity index (χ4v) is 5.22. The number of benzene rings is 1. The summed E-state index contributed by atoms with van der Waals surface area (Å²) in [6, 6.07) is 6.44. The first-order valence-corrected chi connectivity index (χ1v) is 11.3. The number of amides is 1. The van der Waals surface area contributed by atoms with E-state index < -0.39 is 28.5 Å². The van der Waals surface area contributed by atoms with Crippen LogP contribution >= 0.6 is 45.9 Å². The van der Waals surface area contributed by atoms with Crippen LogP contribution < -0.4 is 12.7 Å². The molecule has 1 saturated heterocycles. The molecule has 29 heavy (non-hydrogen) atoms. The monoisotopic (exact) mass is 643 g/mol. The largest absolute Gasteiger partial charge is 0.425 e. The van der Waals surface area contributed by atoms with E-state index >= 15 is 0 Å². The highest BCUT2D eigenvalue weighted by Gasteiger charge is 2.44. The molecule has 0 atom stereocenters. The number of hydrogen-bond acceptors (Lipinski definition) is 6. The summed E-state index contributed by atoms with van der Waals surface area (Å²) in [5.41, 5.74) is 1.79. The smallest absolute Gasteiger partial charge is 0.338 e. The Hall–Kier alpha value is -1.88. The van der Waals surface area contributed by atoms with Crippen molar-refractivity contribution < 1.29 is 20.7 Å². The number of anilines is 2. The molecule has 1 N–H and O–H groups in total. The maximum absolute atomic E-state index is 14.9. The SMILES string of the molecule is O=C1CN(c2c(F)cc(CNc3ccn4ccnc4c3)cc2OI)S(=O)(=O)N1I. The molecule has 1 aliphatic rings. The van der Waals surface area contributed by atoms with E-state index in [0.29, 0.717) is 12.4 Å². The maximum atomic E-state index is 14.9. The van der Waals surface area contributed by atoms with Crippen molar-refractivity contribution in [2.24, 2.45) is 0 Å². The lowest BCUT2D eigenvalue weighted by Gasteiger charge is -2.20. The van der Waals surface area contributed by atoms with Gasteiger partial charge in [0, 0.05) is 36.9 Å². The summed E-state index contributed by atoms with van der Waals surface area (Å²) in [5, 5.41) is 3.17. The van der Waals surface area contributed by atoms with Crippen molar-refractivity contribution in [3.8, 4) is 5.75 Å². The van der Waals surface area contributed by atoms with Gasteiger partial charge in [0.2, 0.25) is 0 Å². The van der Waals surface area contributed by atoms with Crippen LogP contribution in [0.4, 0.5) is 15.8 Å². The standard InChI is InChI=1S/C16H12FI2N5O4S/c17-12-5-10(8-21-11-1-3-22-4-2-20-14(22)7-11)6-13(28-19)16(12)23-9-15(25)24(18)29(23,26)27/h1-7,21H,8-9H2. The number of nitrogens with zero attached hydrogens (tertiary/aromatic N) is 4. The first-order chi connectivity index (χ1) is 13.8. The highest BCUT2D eigenvalue weighted by molar-refractivity contribution is 14.1. The summed E-state index contributed by atoms with van der Waals surface area (Å²) in [6.45, 7) is -0.220. The van der Waals surface area contributed by atoms with Crippen molar-refractivity contribution in [3.05, 3.63) is 54.2 Å². The van der Waals surface area contributed by atoms with Gasteiger partial charge in [-0.15, -0.1) is 0 Å². The number of imidazole rings is 1. The van der Waals surface area contributed by atoms with Gasteiger partial charge in [0.15, 0.2) is 34.6 Å². The van der Waals surface area contributed by atoms with E-state index in [0.717, 1.165) is 11.3 Å². The van der Waals surface area contributed by atoms with Crippen molar-refractivity contribution in [2.45, 2.75) is 6.54 Å². The van der Waals surface area contributed by atoms with E-state index in [1.807, 2.05) is 28.9 Å². The van der Waals surface area contributed by atoms with Gasteiger partial charge in [0.25, 0.3) is 5.91 Å². The summed E-state index contributed by atoms with van der Waals surface area (Å²) in [5.74, 6) is -1.46. The van der Waals surface area contributed by atoms with E-state index in [4.69, 9.17) is 3.07 Å². The van der Waals surface area contributed by atoms with Gasteiger partial charge in [-0.05, 0) is 23.8 Å². The topological polar surface area (TPSA) is 96.2 Å². The second-order valence-electron chi connectivity index (χ2n) is 6.09. The van der Waals surface area contributed by atoms with Crippen LogP contribution in [0.1, 0.15) is 5.56 Å². The number of aromatic nitrogens is 2. The Bertz CT molecular complexity index is 1220. The third kappa shape index (κ3) is 3.70. The van der Waals surface area contributed by atoms with Gasteiger partial charge in [0.05, 0.1) is 22.9 Å². The molecule has 1 aliphatic heterocycles. The molecule has 0 saturated carbocycles. The molecule has 152 valence electrons. The Labute approximate surface area is 193 Å². The Morgan fingerprint density at radius 3 is 2.76 bits per heavy atom.